The Morgan fingerprint density at radius 1 is 1.30 bits per heavy atom. The summed E-state index contributed by atoms with van der Waals surface area (Å²) in [7, 11) is 1.66. The molecular weight excluding hydrogens is 248 g/mol. The molecule has 3 nitrogen and oxygen atoms in total. The molecule has 0 saturated heterocycles. The number of amides is 1. The van der Waals surface area contributed by atoms with Gasteiger partial charge < -0.3 is 10.6 Å². The van der Waals surface area contributed by atoms with Gasteiger partial charge in [0.05, 0.1) is 0 Å². The molecule has 0 heterocycles. The molecule has 1 aromatic rings. The first-order valence-corrected chi connectivity index (χ1v) is 7.69. The van der Waals surface area contributed by atoms with E-state index >= 15 is 0 Å². The summed E-state index contributed by atoms with van der Waals surface area (Å²) in [5.41, 5.74) is 1.77. The highest BCUT2D eigenvalue weighted by molar-refractivity contribution is 5.94. The van der Waals surface area contributed by atoms with E-state index in [2.05, 4.69) is 24.5 Å². The predicted octanol–water partition coefficient (Wildman–Crippen LogP) is 3.67. The third kappa shape index (κ3) is 3.75. The lowest BCUT2D eigenvalue weighted by Gasteiger charge is -2.32. The van der Waals surface area contributed by atoms with E-state index in [-0.39, 0.29) is 5.91 Å². The summed E-state index contributed by atoms with van der Waals surface area (Å²) in [6.07, 6.45) is 5.12. The maximum Gasteiger partial charge on any atom is 0.251 e. The minimum absolute atomic E-state index is 0.0302. The van der Waals surface area contributed by atoms with E-state index < -0.39 is 0 Å². The topological polar surface area (TPSA) is 41.1 Å². The van der Waals surface area contributed by atoms with Crippen LogP contribution < -0.4 is 10.6 Å². The van der Waals surface area contributed by atoms with E-state index in [1.165, 1.54) is 25.7 Å². The second-order valence-corrected chi connectivity index (χ2v) is 6.17. The molecule has 3 heteroatoms. The molecule has 2 atom stereocenters. The number of benzene rings is 1. The van der Waals surface area contributed by atoms with Gasteiger partial charge in [0.25, 0.3) is 5.91 Å². The highest BCUT2D eigenvalue weighted by Crippen LogP contribution is 2.31. The third-order valence-electron chi connectivity index (χ3n) is 4.38. The van der Waals surface area contributed by atoms with Gasteiger partial charge >= 0.3 is 0 Å². The van der Waals surface area contributed by atoms with Gasteiger partial charge in [-0.25, -0.2) is 0 Å². The summed E-state index contributed by atoms with van der Waals surface area (Å²) < 4.78 is 0. The molecule has 0 spiro atoms. The fourth-order valence-electron chi connectivity index (χ4n) is 3.09. The molecule has 1 saturated carbocycles. The van der Waals surface area contributed by atoms with E-state index in [1.807, 2.05) is 24.3 Å². The van der Waals surface area contributed by atoms with Gasteiger partial charge in [-0.05, 0) is 42.9 Å². The molecule has 1 aromatic carbocycles. The molecule has 110 valence electrons. The summed E-state index contributed by atoms with van der Waals surface area (Å²) in [5.74, 6) is 1.55. The molecule has 2 unspecified atom stereocenters. The van der Waals surface area contributed by atoms with E-state index in [9.17, 15) is 4.79 Å². The standard InChI is InChI=1S/C17H26N2O/c1-12(2)13-6-4-8-15(10-13)19-16-9-5-7-14(11-16)17(20)18-3/h5,7,9,11-13,15,19H,4,6,8,10H2,1-3H3,(H,18,20). The van der Waals surface area contributed by atoms with Crippen molar-refractivity contribution in [2.24, 2.45) is 11.8 Å². The van der Waals surface area contributed by atoms with Crippen LogP contribution in [0.5, 0.6) is 0 Å². The van der Waals surface area contributed by atoms with Crippen LogP contribution in [0.2, 0.25) is 0 Å². The maximum atomic E-state index is 11.7. The smallest absolute Gasteiger partial charge is 0.251 e. The maximum absolute atomic E-state index is 11.7. The first-order valence-electron chi connectivity index (χ1n) is 7.69. The van der Waals surface area contributed by atoms with Gasteiger partial charge in [-0.15, -0.1) is 0 Å². The summed E-state index contributed by atoms with van der Waals surface area (Å²) in [4.78, 5) is 11.7. The third-order valence-corrected chi connectivity index (χ3v) is 4.38. The highest BCUT2D eigenvalue weighted by Gasteiger charge is 2.24. The lowest BCUT2D eigenvalue weighted by molar-refractivity contribution is 0.0963. The summed E-state index contributed by atoms with van der Waals surface area (Å²) in [6.45, 7) is 4.64. The van der Waals surface area contributed by atoms with Crippen molar-refractivity contribution >= 4 is 11.6 Å². The van der Waals surface area contributed by atoms with Gasteiger partial charge in [0, 0.05) is 24.3 Å². The van der Waals surface area contributed by atoms with Crippen LogP contribution in [0.1, 0.15) is 49.9 Å². The number of anilines is 1. The van der Waals surface area contributed by atoms with E-state index in [0.717, 1.165) is 17.5 Å². The molecule has 1 fully saturated rings. The van der Waals surface area contributed by atoms with Crippen LogP contribution in [0.4, 0.5) is 5.69 Å². The zero-order valence-electron chi connectivity index (χ0n) is 12.8. The molecule has 2 rings (SSSR count). The van der Waals surface area contributed by atoms with Crippen molar-refractivity contribution in [1.29, 1.82) is 0 Å². The van der Waals surface area contributed by atoms with Crippen molar-refractivity contribution in [3.05, 3.63) is 29.8 Å². The quantitative estimate of drug-likeness (QED) is 0.879. The van der Waals surface area contributed by atoms with Crippen molar-refractivity contribution in [2.75, 3.05) is 12.4 Å². The molecule has 0 radical (unpaired) electrons. The van der Waals surface area contributed by atoms with Gasteiger partial charge in [0.2, 0.25) is 0 Å². The Morgan fingerprint density at radius 3 is 2.80 bits per heavy atom. The molecule has 2 N–H and O–H groups in total. The Kier molecular flexibility index (Phi) is 5.05. The second-order valence-electron chi connectivity index (χ2n) is 6.17. The molecule has 0 bridgehead atoms. The summed E-state index contributed by atoms with van der Waals surface area (Å²) in [5, 5.41) is 6.27. The Labute approximate surface area is 122 Å². The Bertz CT molecular complexity index is 456. The van der Waals surface area contributed by atoms with Gasteiger partial charge in [0.15, 0.2) is 0 Å². The predicted molar refractivity (Wildman–Crippen MR) is 84.0 cm³/mol. The van der Waals surface area contributed by atoms with E-state index in [4.69, 9.17) is 0 Å². The van der Waals surface area contributed by atoms with E-state index in [1.54, 1.807) is 7.05 Å². The van der Waals surface area contributed by atoms with Crippen LogP contribution in [-0.4, -0.2) is 19.0 Å². The van der Waals surface area contributed by atoms with Gasteiger partial charge in [-0.2, -0.15) is 0 Å². The number of rotatable bonds is 4. The largest absolute Gasteiger partial charge is 0.382 e. The minimum Gasteiger partial charge on any atom is -0.382 e. The molecule has 1 amide bonds. The summed E-state index contributed by atoms with van der Waals surface area (Å²) >= 11 is 0. The Balaban J connectivity index is 2.01. The van der Waals surface area contributed by atoms with E-state index in [0.29, 0.717) is 11.6 Å². The van der Waals surface area contributed by atoms with Crippen LogP contribution in [0.3, 0.4) is 0 Å². The number of hydrogen-bond donors (Lipinski definition) is 2. The van der Waals surface area contributed by atoms with Crippen LogP contribution >= 0.6 is 0 Å². The first kappa shape index (κ1) is 14.9. The van der Waals surface area contributed by atoms with Crippen LogP contribution in [0.15, 0.2) is 24.3 Å². The molecule has 20 heavy (non-hydrogen) atoms. The fourth-order valence-corrected chi connectivity index (χ4v) is 3.09. The zero-order valence-corrected chi connectivity index (χ0v) is 12.8. The van der Waals surface area contributed by atoms with Crippen LogP contribution in [-0.2, 0) is 0 Å². The SMILES string of the molecule is CNC(=O)c1cccc(NC2CCCC(C(C)C)C2)c1. The molecular formula is C17H26N2O. The van der Waals surface area contributed by atoms with Crippen molar-refractivity contribution in [3.8, 4) is 0 Å². The van der Waals surface area contributed by atoms with Crippen molar-refractivity contribution < 1.29 is 4.79 Å². The number of carbonyl (C=O) groups excluding carboxylic acids is 1. The fraction of sp³-hybridized carbons (Fsp3) is 0.588. The van der Waals surface area contributed by atoms with Crippen molar-refractivity contribution in [3.63, 3.8) is 0 Å². The Hall–Kier alpha value is -1.51. The monoisotopic (exact) mass is 274 g/mol. The minimum atomic E-state index is -0.0302. The van der Waals surface area contributed by atoms with Crippen LogP contribution in [0.25, 0.3) is 0 Å². The average molecular weight is 274 g/mol. The molecule has 0 aromatic heterocycles. The molecule has 1 aliphatic carbocycles. The number of carbonyl (C=O) groups is 1. The molecule has 0 aliphatic heterocycles. The van der Waals surface area contributed by atoms with Crippen LogP contribution in [0, 0.1) is 11.8 Å². The van der Waals surface area contributed by atoms with Gasteiger partial charge in [-0.3, -0.25) is 4.79 Å². The molecule has 1 aliphatic rings. The number of hydrogen-bond acceptors (Lipinski definition) is 2. The summed E-state index contributed by atoms with van der Waals surface area (Å²) in [6, 6.07) is 8.32. The lowest BCUT2D eigenvalue weighted by atomic mass is 9.79. The van der Waals surface area contributed by atoms with Crippen molar-refractivity contribution in [1.82, 2.24) is 5.32 Å². The average Bonchev–Trinajstić information content (AvgIpc) is 2.47. The van der Waals surface area contributed by atoms with Gasteiger partial charge in [0.1, 0.15) is 0 Å². The zero-order chi connectivity index (χ0) is 14.5. The lowest BCUT2D eigenvalue weighted by Crippen LogP contribution is -2.29. The highest BCUT2D eigenvalue weighted by atomic mass is 16.1. The van der Waals surface area contributed by atoms with Crippen molar-refractivity contribution in [2.45, 2.75) is 45.6 Å². The normalized spacial score (nSPS) is 22.6. The van der Waals surface area contributed by atoms with Gasteiger partial charge in [-0.1, -0.05) is 32.8 Å². The number of nitrogens with one attached hydrogen (secondary N) is 2. The Morgan fingerprint density at radius 2 is 2.10 bits per heavy atom. The second kappa shape index (κ2) is 6.78. The first-order chi connectivity index (χ1) is 9.60.